The van der Waals surface area contributed by atoms with E-state index < -0.39 is 5.60 Å². The summed E-state index contributed by atoms with van der Waals surface area (Å²) in [6, 6.07) is 2.14. The number of anilines is 2. The Morgan fingerprint density at radius 3 is 2.95 bits per heavy atom. The van der Waals surface area contributed by atoms with Crippen LogP contribution in [-0.2, 0) is 6.42 Å². The first kappa shape index (κ1) is 13.5. The number of hydrogen-bond acceptors (Lipinski definition) is 7. The molecule has 0 aliphatic carbocycles. The SMILES string of the molecule is CCc1cc2c(N3CCC(C)(O)C3)nc(NN)nc2s1. The largest absolute Gasteiger partial charge is 0.388 e. The van der Waals surface area contributed by atoms with E-state index in [1.165, 1.54) is 4.88 Å². The van der Waals surface area contributed by atoms with Gasteiger partial charge < -0.3 is 10.0 Å². The fraction of sp³-hybridized carbons (Fsp3) is 0.538. The maximum absolute atomic E-state index is 10.2. The van der Waals surface area contributed by atoms with Crippen molar-refractivity contribution in [2.45, 2.75) is 32.3 Å². The number of aryl methyl sites for hydroxylation is 1. The minimum atomic E-state index is -0.656. The van der Waals surface area contributed by atoms with Crippen LogP contribution in [0.2, 0.25) is 0 Å². The quantitative estimate of drug-likeness (QED) is 0.587. The molecule has 0 amide bonds. The van der Waals surface area contributed by atoms with E-state index in [9.17, 15) is 5.11 Å². The van der Waals surface area contributed by atoms with Gasteiger partial charge in [0.15, 0.2) is 0 Å². The van der Waals surface area contributed by atoms with Gasteiger partial charge in [-0.05, 0) is 25.8 Å². The van der Waals surface area contributed by atoms with Crippen molar-refractivity contribution in [1.29, 1.82) is 0 Å². The van der Waals surface area contributed by atoms with Crippen LogP contribution in [0.3, 0.4) is 0 Å². The maximum atomic E-state index is 10.2. The van der Waals surface area contributed by atoms with Gasteiger partial charge in [-0.25, -0.2) is 10.8 Å². The summed E-state index contributed by atoms with van der Waals surface area (Å²) in [7, 11) is 0. The van der Waals surface area contributed by atoms with Gasteiger partial charge in [0.25, 0.3) is 0 Å². The van der Waals surface area contributed by atoms with Gasteiger partial charge in [0, 0.05) is 18.0 Å². The molecule has 3 heterocycles. The van der Waals surface area contributed by atoms with Crippen molar-refractivity contribution in [3.05, 3.63) is 10.9 Å². The second kappa shape index (κ2) is 4.83. The van der Waals surface area contributed by atoms with Crippen molar-refractivity contribution in [2.24, 2.45) is 5.84 Å². The Bertz CT molecular complexity index is 639. The summed E-state index contributed by atoms with van der Waals surface area (Å²) in [4.78, 5) is 13.2. The number of thiophene rings is 1. The van der Waals surface area contributed by atoms with Crippen molar-refractivity contribution in [1.82, 2.24) is 9.97 Å². The Morgan fingerprint density at radius 1 is 1.55 bits per heavy atom. The molecule has 1 aliphatic heterocycles. The number of nitrogen functional groups attached to an aromatic ring is 1. The summed E-state index contributed by atoms with van der Waals surface area (Å²) in [6.45, 7) is 5.36. The number of hydrogen-bond donors (Lipinski definition) is 3. The van der Waals surface area contributed by atoms with Crippen molar-refractivity contribution >= 4 is 33.3 Å². The zero-order valence-electron chi connectivity index (χ0n) is 11.7. The number of aromatic nitrogens is 2. The molecule has 1 saturated heterocycles. The number of β-amino-alcohol motifs (C(OH)–C–C–N with tert-alkyl or cyclic N) is 1. The van der Waals surface area contributed by atoms with Gasteiger partial charge >= 0.3 is 0 Å². The van der Waals surface area contributed by atoms with Crippen molar-refractivity contribution in [3.63, 3.8) is 0 Å². The molecular formula is C13H19N5OS. The van der Waals surface area contributed by atoms with E-state index in [0.717, 1.165) is 35.4 Å². The highest BCUT2D eigenvalue weighted by molar-refractivity contribution is 7.18. The van der Waals surface area contributed by atoms with E-state index in [4.69, 9.17) is 5.84 Å². The summed E-state index contributed by atoms with van der Waals surface area (Å²) in [6.07, 6.45) is 1.72. The minimum absolute atomic E-state index is 0.420. The molecule has 0 radical (unpaired) electrons. The molecule has 4 N–H and O–H groups in total. The molecule has 0 aromatic carbocycles. The van der Waals surface area contributed by atoms with Gasteiger partial charge in [-0.2, -0.15) is 4.98 Å². The van der Waals surface area contributed by atoms with Crippen LogP contribution in [0.5, 0.6) is 0 Å². The van der Waals surface area contributed by atoms with E-state index in [1.54, 1.807) is 11.3 Å². The van der Waals surface area contributed by atoms with Crippen LogP contribution in [0.25, 0.3) is 10.2 Å². The normalized spacial score (nSPS) is 22.7. The topological polar surface area (TPSA) is 87.3 Å². The number of nitrogens with zero attached hydrogens (tertiary/aromatic N) is 3. The maximum Gasteiger partial charge on any atom is 0.240 e. The molecule has 0 spiro atoms. The summed E-state index contributed by atoms with van der Waals surface area (Å²) in [5.74, 6) is 6.74. The number of fused-ring (bicyclic) bond motifs is 1. The van der Waals surface area contributed by atoms with Crippen LogP contribution in [0.4, 0.5) is 11.8 Å². The van der Waals surface area contributed by atoms with Crippen LogP contribution in [0.1, 0.15) is 25.1 Å². The lowest BCUT2D eigenvalue weighted by molar-refractivity contribution is 0.0839. The zero-order chi connectivity index (χ0) is 14.3. The summed E-state index contributed by atoms with van der Waals surface area (Å²) < 4.78 is 0. The molecule has 1 atom stereocenters. The Morgan fingerprint density at radius 2 is 2.35 bits per heavy atom. The molecule has 2 aromatic rings. The average molecular weight is 293 g/mol. The van der Waals surface area contributed by atoms with E-state index in [0.29, 0.717) is 12.5 Å². The standard InChI is InChI=1S/C13H19N5OS/c1-3-8-6-9-10(18-5-4-13(2,19)7-18)15-12(17-14)16-11(9)20-8/h6,19H,3-5,7,14H2,1-2H3,(H,15,16,17). The molecule has 108 valence electrons. The molecule has 2 aromatic heterocycles. The highest BCUT2D eigenvalue weighted by Gasteiger charge is 2.33. The van der Waals surface area contributed by atoms with E-state index in [1.807, 2.05) is 6.92 Å². The van der Waals surface area contributed by atoms with E-state index >= 15 is 0 Å². The Balaban J connectivity index is 2.10. The fourth-order valence-electron chi connectivity index (χ4n) is 2.56. The molecule has 1 aliphatic rings. The lowest BCUT2D eigenvalue weighted by atomic mass is 10.1. The zero-order valence-corrected chi connectivity index (χ0v) is 12.5. The molecule has 1 fully saturated rings. The number of nitrogens with two attached hydrogens (primary N) is 1. The predicted molar refractivity (Wildman–Crippen MR) is 82.1 cm³/mol. The first-order valence-corrected chi connectivity index (χ1v) is 7.58. The van der Waals surface area contributed by atoms with Crippen LogP contribution in [0, 0.1) is 0 Å². The molecule has 3 rings (SSSR count). The third kappa shape index (κ3) is 2.32. The Hall–Kier alpha value is -1.44. The summed E-state index contributed by atoms with van der Waals surface area (Å²) >= 11 is 1.66. The number of aliphatic hydroxyl groups is 1. The number of nitrogens with one attached hydrogen (secondary N) is 1. The summed E-state index contributed by atoms with van der Waals surface area (Å²) in [5.41, 5.74) is 1.87. The van der Waals surface area contributed by atoms with Crippen LogP contribution in [-0.4, -0.2) is 33.8 Å². The lowest BCUT2D eigenvalue weighted by Gasteiger charge is -2.20. The third-order valence-corrected chi connectivity index (χ3v) is 4.83. The molecule has 0 bridgehead atoms. The minimum Gasteiger partial charge on any atom is -0.388 e. The molecular weight excluding hydrogens is 274 g/mol. The second-order valence-electron chi connectivity index (χ2n) is 5.47. The monoisotopic (exact) mass is 293 g/mol. The van der Waals surface area contributed by atoms with E-state index in [-0.39, 0.29) is 0 Å². The van der Waals surface area contributed by atoms with Crippen LogP contribution in [0.15, 0.2) is 6.07 Å². The van der Waals surface area contributed by atoms with Gasteiger partial charge in [-0.15, -0.1) is 11.3 Å². The smallest absolute Gasteiger partial charge is 0.240 e. The Kier molecular flexibility index (Phi) is 3.27. The van der Waals surface area contributed by atoms with Crippen molar-refractivity contribution < 1.29 is 5.11 Å². The van der Waals surface area contributed by atoms with E-state index in [2.05, 4.69) is 33.3 Å². The first-order chi connectivity index (χ1) is 9.52. The third-order valence-electron chi connectivity index (χ3n) is 3.65. The number of rotatable bonds is 3. The molecule has 20 heavy (non-hydrogen) atoms. The highest BCUT2D eigenvalue weighted by Crippen LogP contribution is 2.35. The fourth-order valence-corrected chi connectivity index (χ4v) is 3.52. The van der Waals surface area contributed by atoms with Gasteiger partial charge in [0.1, 0.15) is 10.6 Å². The van der Waals surface area contributed by atoms with Crippen molar-refractivity contribution in [3.8, 4) is 0 Å². The molecule has 0 saturated carbocycles. The lowest BCUT2D eigenvalue weighted by Crippen LogP contribution is -2.30. The van der Waals surface area contributed by atoms with Gasteiger partial charge in [-0.3, -0.25) is 5.43 Å². The predicted octanol–water partition coefficient (Wildman–Crippen LogP) is 1.50. The second-order valence-corrected chi connectivity index (χ2v) is 6.58. The summed E-state index contributed by atoms with van der Waals surface area (Å²) in [5, 5.41) is 11.2. The highest BCUT2D eigenvalue weighted by atomic mass is 32.1. The molecule has 1 unspecified atom stereocenters. The van der Waals surface area contributed by atoms with Crippen LogP contribution < -0.4 is 16.2 Å². The average Bonchev–Trinajstić information content (AvgIpc) is 2.99. The molecule has 6 nitrogen and oxygen atoms in total. The number of hydrazine groups is 1. The van der Waals surface area contributed by atoms with Crippen molar-refractivity contribution in [2.75, 3.05) is 23.4 Å². The van der Waals surface area contributed by atoms with Gasteiger partial charge in [-0.1, -0.05) is 6.92 Å². The Labute approximate surface area is 121 Å². The van der Waals surface area contributed by atoms with Gasteiger partial charge in [0.05, 0.1) is 11.0 Å². The molecule has 7 heteroatoms. The van der Waals surface area contributed by atoms with Crippen LogP contribution >= 0.6 is 11.3 Å². The van der Waals surface area contributed by atoms with Gasteiger partial charge in [0.2, 0.25) is 5.95 Å². The first-order valence-electron chi connectivity index (χ1n) is 6.77.